The first-order chi connectivity index (χ1) is 8.15. The van der Waals surface area contributed by atoms with Gasteiger partial charge < -0.3 is 9.40 Å². The van der Waals surface area contributed by atoms with E-state index in [1.54, 1.807) is 6.92 Å². The van der Waals surface area contributed by atoms with Crippen molar-refractivity contribution in [3.63, 3.8) is 0 Å². The van der Waals surface area contributed by atoms with Crippen LogP contribution in [0.25, 0.3) is 11.6 Å². The molecule has 0 bridgehead atoms. The molecule has 17 heavy (non-hydrogen) atoms. The number of nitrogens with zero attached hydrogens (tertiary/aromatic N) is 1. The predicted octanol–water partition coefficient (Wildman–Crippen LogP) is 2.46. The van der Waals surface area contributed by atoms with Crippen LogP contribution in [0.3, 0.4) is 0 Å². The minimum atomic E-state index is -0.0960. The highest BCUT2D eigenvalue weighted by atomic mass is 16.3. The van der Waals surface area contributed by atoms with Crippen LogP contribution in [0.5, 0.6) is 0 Å². The molecule has 4 heteroatoms. The highest BCUT2D eigenvalue weighted by Crippen LogP contribution is 2.18. The van der Waals surface area contributed by atoms with E-state index in [-0.39, 0.29) is 5.56 Å². The average Bonchev–Trinajstić information content (AvgIpc) is 2.81. The minimum absolute atomic E-state index is 0.0960. The van der Waals surface area contributed by atoms with Gasteiger partial charge in [0.15, 0.2) is 11.6 Å². The Bertz CT molecular complexity index is 581. The first-order valence-corrected chi connectivity index (χ1v) is 5.84. The molecule has 90 valence electrons. The molecule has 2 heterocycles. The van der Waals surface area contributed by atoms with Gasteiger partial charge in [-0.15, -0.1) is 0 Å². The minimum Gasteiger partial charge on any atom is -0.458 e. The highest BCUT2D eigenvalue weighted by Gasteiger charge is 2.10. The summed E-state index contributed by atoms with van der Waals surface area (Å²) in [6, 6.07) is 3.74. The van der Waals surface area contributed by atoms with E-state index in [1.807, 2.05) is 26.0 Å². The molecular weight excluding hydrogens is 216 g/mol. The van der Waals surface area contributed by atoms with Crippen molar-refractivity contribution in [2.24, 2.45) is 0 Å². The summed E-state index contributed by atoms with van der Waals surface area (Å²) < 4.78 is 5.58. The van der Waals surface area contributed by atoms with Crippen LogP contribution < -0.4 is 5.56 Å². The van der Waals surface area contributed by atoms with E-state index in [1.165, 1.54) is 0 Å². The topological polar surface area (TPSA) is 58.9 Å². The van der Waals surface area contributed by atoms with Crippen molar-refractivity contribution in [2.75, 3.05) is 0 Å². The molecule has 1 N–H and O–H groups in total. The van der Waals surface area contributed by atoms with Gasteiger partial charge in [-0.1, -0.05) is 13.8 Å². The monoisotopic (exact) mass is 232 g/mol. The fourth-order valence-electron chi connectivity index (χ4n) is 1.74. The SMILES string of the molecule is CCc1ccc(-c2nc(CC)c(C)c(=O)[nH]2)o1. The lowest BCUT2D eigenvalue weighted by atomic mass is 10.2. The van der Waals surface area contributed by atoms with Gasteiger partial charge in [-0.2, -0.15) is 0 Å². The number of rotatable bonds is 3. The summed E-state index contributed by atoms with van der Waals surface area (Å²) in [5.74, 6) is 2.02. The van der Waals surface area contributed by atoms with Crippen molar-refractivity contribution in [1.29, 1.82) is 0 Å². The van der Waals surface area contributed by atoms with Gasteiger partial charge in [0.25, 0.3) is 5.56 Å². The Morgan fingerprint density at radius 2 is 2.06 bits per heavy atom. The van der Waals surface area contributed by atoms with E-state index in [9.17, 15) is 4.79 Å². The van der Waals surface area contributed by atoms with Crippen molar-refractivity contribution >= 4 is 0 Å². The second-order valence-electron chi connectivity index (χ2n) is 3.96. The van der Waals surface area contributed by atoms with Gasteiger partial charge in [0, 0.05) is 12.0 Å². The molecule has 4 nitrogen and oxygen atoms in total. The van der Waals surface area contributed by atoms with E-state index in [0.29, 0.717) is 17.1 Å². The van der Waals surface area contributed by atoms with Crippen LogP contribution in [0.4, 0.5) is 0 Å². The largest absolute Gasteiger partial charge is 0.458 e. The standard InChI is InChI=1S/C13H16N2O2/c1-4-9-6-7-11(17-9)12-14-10(5-2)8(3)13(16)15-12/h6-7H,4-5H2,1-3H3,(H,14,15,16). The Hall–Kier alpha value is -1.84. The third-order valence-corrected chi connectivity index (χ3v) is 2.83. The molecule has 2 aromatic heterocycles. The predicted molar refractivity (Wildman–Crippen MR) is 66.1 cm³/mol. The van der Waals surface area contributed by atoms with E-state index in [4.69, 9.17) is 4.42 Å². The molecular formula is C13H16N2O2. The number of aromatic amines is 1. The summed E-state index contributed by atoms with van der Waals surface area (Å²) in [5.41, 5.74) is 1.40. The maximum Gasteiger partial charge on any atom is 0.254 e. The number of hydrogen-bond donors (Lipinski definition) is 1. The molecule has 0 amide bonds. The van der Waals surface area contributed by atoms with Gasteiger partial charge in [0.05, 0.1) is 5.69 Å². The van der Waals surface area contributed by atoms with Crippen LogP contribution in [-0.2, 0) is 12.8 Å². The summed E-state index contributed by atoms with van der Waals surface area (Å²) in [6.45, 7) is 5.79. The van der Waals surface area contributed by atoms with Crippen molar-refractivity contribution in [1.82, 2.24) is 9.97 Å². The van der Waals surface area contributed by atoms with Crippen LogP contribution in [-0.4, -0.2) is 9.97 Å². The van der Waals surface area contributed by atoms with E-state index in [0.717, 1.165) is 24.3 Å². The van der Waals surface area contributed by atoms with Crippen LogP contribution in [0.2, 0.25) is 0 Å². The molecule has 0 unspecified atom stereocenters. The van der Waals surface area contributed by atoms with Crippen LogP contribution in [0.1, 0.15) is 30.9 Å². The fourth-order valence-corrected chi connectivity index (χ4v) is 1.74. The molecule has 0 aliphatic rings. The molecule has 0 saturated carbocycles. The Morgan fingerprint density at radius 3 is 2.65 bits per heavy atom. The molecule has 0 fully saturated rings. The third kappa shape index (κ3) is 2.16. The van der Waals surface area contributed by atoms with Gasteiger partial charge in [-0.05, 0) is 25.5 Å². The first kappa shape index (κ1) is 11.6. The van der Waals surface area contributed by atoms with Gasteiger partial charge in [0.1, 0.15) is 5.76 Å². The van der Waals surface area contributed by atoms with E-state index < -0.39 is 0 Å². The lowest BCUT2D eigenvalue weighted by Crippen LogP contribution is -2.15. The zero-order chi connectivity index (χ0) is 12.4. The molecule has 2 aromatic rings. The summed E-state index contributed by atoms with van der Waals surface area (Å²) in [6.07, 6.45) is 1.57. The zero-order valence-corrected chi connectivity index (χ0v) is 10.3. The second-order valence-corrected chi connectivity index (χ2v) is 3.96. The zero-order valence-electron chi connectivity index (χ0n) is 10.3. The molecule has 2 rings (SSSR count). The molecule has 0 atom stereocenters. The summed E-state index contributed by atoms with van der Waals surface area (Å²) >= 11 is 0. The Kier molecular flexibility index (Phi) is 3.13. The number of hydrogen-bond acceptors (Lipinski definition) is 3. The van der Waals surface area contributed by atoms with Gasteiger partial charge in [0.2, 0.25) is 0 Å². The van der Waals surface area contributed by atoms with Crippen LogP contribution in [0.15, 0.2) is 21.3 Å². The maximum absolute atomic E-state index is 11.7. The lowest BCUT2D eigenvalue weighted by Gasteiger charge is -2.03. The fraction of sp³-hybridized carbons (Fsp3) is 0.385. The van der Waals surface area contributed by atoms with Gasteiger partial charge >= 0.3 is 0 Å². The van der Waals surface area contributed by atoms with Crippen molar-refractivity contribution < 1.29 is 4.42 Å². The quantitative estimate of drug-likeness (QED) is 0.884. The third-order valence-electron chi connectivity index (χ3n) is 2.83. The lowest BCUT2D eigenvalue weighted by molar-refractivity contribution is 0.525. The second kappa shape index (κ2) is 4.57. The molecule has 0 radical (unpaired) electrons. The molecule has 0 aromatic carbocycles. The molecule has 0 spiro atoms. The highest BCUT2D eigenvalue weighted by molar-refractivity contribution is 5.47. The Balaban J connectivity index is 2.52. The van der Waals surface area contributed by atoms with Crippen LogP contribution in [0, 0.1) is 6.92 Å². The first-order valence-electron chi connectivity index (χ1n) is 5.84. The number of aromatic nitrogens is 2. The number of aryl methyl sites for hydroxylation is 2. The van der Waals surface area contributed by atoms with Gasteiger partial charge in [-0.25, -0.2) is 4.98 Å². The average molecular weight is 232 g/mol. The van der Waals surface area contributed by atoms with E-state index in [2.05, 4.69) is 9.97 Å². The molecule has 0 aliphatic carbocycles. The Morgan fingerprint density at radius 1 is 1.29 bits per heavy atom. The Labute approximate surface area is 99.7 Å². The van der Waals surface area contributed by atoms with Crippen molar-refractivity contribution in [3.8, 4) is 11.6 Å². The number of furan rings is 1. The number of nitrogens with one attached hydrogen (secondary N) is 1. The number of H-pyrrole nitrogens is 1. The molecule has 0 saturated heterocycles. The maximum atomic E-state index is 11.7. The van der Waals surface area contributed by atoms with E-state index >= 15 is 0 Å². The van der Waals surface area contributed by atoms with Crippen molar-refractivity contribution in [3.05, 3.63) is 39.5 Å². The summed E-state index contributed by atoms with van der Waals surface area (Å²) in [4.78, 5) is 18.9. The van der Waals surface area contributed by atoms with Crippen LogP contribution >= 0.6 is 0 Å². The van der Waals surface area contributed by atoms with Gasteiger partial charge in [-0.3, -0.25) is 4.79 Å². The summed E-state index contributed by atoms with van der Waals surface area (Å²) in [5, 5.41) is 0. The summed E-state index contributed by atoms with van der Waals surface area (Å²) in [7, 11) is 0. The molecule has 0 aliphatic heterocycles. The van der Waals surface area contributed by atoms with Crippen molar-refractivity contribution in [2.45, 2.75) is 33.6 Å². The normalized spacial score (nSPS) is 10.8. The smallest absolute Gasteiger partial charge is 0.254 e.